The SMILES string of the molecule is CC(CC(C)(C)C(C)(C)OCCC(C)(C)OCCOC(=O)C(CC(C)(C)C)C(C)(C)C)OC(C)(C)C(C)(C)CCO. The Morgan fingerprint density at radius 1 is 0.659 bits per heavy atom. The van der Waals surface area contributed by atoms with Crippen LogP contribution in [0.25, 0.3) is 0 Å². The quantitative estimate of drug-likeness (QED) is 0.128. The minimum absolute atomic E-state index is 0.0320. The fourth-order valence-corrected chi connectivity index (χ4v) is 4.98. The number of rotatable bonds is 18. The summed E-state index contributed by atoms with van der Waals surface area (Å²) in [5.41, 5.74) is -1.53. The van der Waals surface area contributed by atoms with Crippen molar-refractivity contribution in [3.05, 3.63) is 0 Å². The smallest absolute Gasteiger partial charge is 0.309 e. The third kappa shape index (κ3) is 14.1. The van der Waals surface area contributed by atoms with Gasteiger partial charge in [0.25, 0.3) is 0 Å². The Balaban J connectivity index is 4.87. The van der Waals surface area contributed by atoms with Gasteiger partial charge in [0, 0.05) is 6.61 Å². The van der Waals surface area contributed by atoms with Crippen molar-refractivity contribution in [2.75, 3.05) is 26.4 Å². The van der Waals surface area contributed by atoms with Crippen LogP contribution in [-0.2, 0) is 23.7 Å². The molecule has 6 nitrogen and oxygen atoms in total. The molecule has 246 valence electrons. The normalized spacial score (nSPS) is 16.0. The van der Waals surface area contributed by atoms with Gasteiger partial charge in [-0.15, -0.1) is 0 Å². The van der Waals surface area contributed by atoms with E-state index in [0.717, 1.165) is 19.3 Å². The molecule has 0 aliphatic rings. The molecule has 0 fully saturated rings. The van der Waals surface area contributed by atoms with Gasteiger partial charge in [0.1, 0.15) is 6.61 Å². The van der Waals surface area contributed by atoms with Crippen molar-refractivity contribution in [1.82, 2.24) is 0 Å². The Morgan fingerprint density at radius 2 is 1.20 bits per heavy atom. The van der Waals surface area contributed by atoms with Gasteiger partial charge in [-0.3, -0.25) is 4.79 Å². The van der Waals surface area contributed by atoms with Crippen molar-refractivity contribution in [3.63, 3.8) is 0 Å². The number of hydrogen-bond donors (Lipinski definition) is 1. The minimum Gasteiger partial charge on any atom is -0.463 e. The maximum Gasteiger partial charge on any atom is 0.309 e. The van der Waals surface area contributed by atoms with Crippen LogP contribution in [0.4, 0.5) is 0 Å². The van der Waals surface area contributed by atoms with Gasteiger partial charge in [0.2, 0.25) is 0 Å². The highest BCUT2D eigenvalue weighted by atomic mass is 16.6. The molecule has 2 atom stereocenters. The van der Waals surface area contributed by atoms with Gasteiger partial charge in [0.15, 0.2) is 0 Å². The lowest BCUT2D eigenvalue weighted by atomic mass is 9.72. The summed E-state index contributed by atoms with van der Waals surface area (Å²) in [7, 11) is 0. The maximum atomic E-state index is 12.9. The maximum absolute atomic E-state index is 12.9. The van der Waals surface area contributed by atoms with E-state index < -0.39 is 5.60 Å². The highest BCUT2D eigenvalue weighted by Gasteiger charge is 2.43. The average molecular weight is 587 g/mol. The lowest BCUT2D eigenvalue weighted by Crippen LogP contribution is -2.48. The van der Waals surface area contributed by atoms with Crippen molar-refractivity contribution in [3.8, 4) is 0 Å². The number of hydrogen-bond acceptors (Lipinski definition) is 6. The molecule has 0 saturated carbocycles. The van der Waals surface area contributed by atoms with Crippen molar-refractivity contribution < 1.29 is 28.8 Å². The first-order valence-electron chi connectivity index (χ1n) is 15.8. The molecule has 0 rings (SSSR count). The topological polar surface area (TPSA) is 74.2 Å². The molecule has 0 aromatic carbocycles. The summed E-state index contributed by atoms with van der Waals surface area (Å²) in [4.78, 5) is 12.9. The number of carbonyl (C=O) groups is 1. The van der Waals surface area contributed by atoms with E-state index in [0.29, 0.717) is 19.6 Å². The molecule has 41 heavy (non-hydrogen) atoms. The molecule has 0 aromatic heterocycles. The molecular formula is C35H70O6. The Morgan fingerprint density at radius 3 is 1.66 bits per heavy atom. The fraction of sp³-hybridized carbons (Fsp3) is 0.971. The van der Waals surface area contributed by atoms with E-state index >= 15 is 0 Å². The first kappa shape index (κ1) is 40.3. The standard InChI is InChI=1S/C35H70O6/c1-26(41-35(16,17)31(8,9)18-20-36)24-32(10,11)34(14,15)40-21-19-33(12,13)39-23-22-38-28(37)27(30(5,6)7)25-29(2,3)4/h26-27,36H,18-25H2,1-17H3. The van der Waals surface area contributed by atoms with Gasteiger partial charge in [0.05, 0.1) is 42.0 Å². The van der Waals surface area contributed by atoms with Crippen LogP contribution >= 0.6 is 0 Å². The van der Waals surface area contributed by atoms with Crippen molar-refractivity contribution in [2.24, 2.45) is 27.6 Å². The zero-order chi connectivity index (χ0) is 32.7. The zero-order valence-corrected chi connectivity index (χ0v) is 30.3. The first-order chi connectivity index (χ1) is 18.1. The first-order valence-corrected chi connectivity index (χ1v) is 15.8. The molecule has 0 aromatic rings. The molecule has 6 heteroatoms. The third-order valence-electron chi connectivity index (χ3n) is 9.42. The van der Waals surface area contributed by atoms with E-state index in [1.807, 2.05) is 0 Å². The molecule has 0 saturated heterocycles. The van der Waals surface area contributed by atoms with Gasteiger partial charge in [-0.25, -0.2) is 0 Å². The Labute approximate surface area is 255 Å². The van der Waals surface area contributed by atoms with Gasteiger partial charge in [-0.2, -0.15) is 0 Å². The van der Waals surface area contributed by atoms with Crippen LogP contribution in [0.5, 0.6) is 0 Å². The lowest BCUT2D eigenvalue weighted by molar-refractivity contribution is -0.168. The average Bonchev–Trinajstić information content (AvgIpc) is 2.72. The predicted octanol–water partition coefficient (Wildman–Crippen LogP) is 8.62. The van der Waals surface area contributed by atoms with Gasteiger partial charge >= 0.3 is 5.97 Å². The summed E-state index contributed by atoms with van der Waals surface area (Å²) in [6.07, 6.45) is 3.08. The van der Waals surface area contributed by atoms with Crippen LogP contribution in [0, 0.1) is 27.6 Å². The Hall–Kier alpha value is -0.690. The third-order valence-corrected chi connectivity index (χ3v) is 9.42. The second kappa shape index (κ2) is 14.9. The monoisotopic (exact) mass is 587 g/mol. The molecule has 1 N–H and O–H groups in total. The molecule has 0 spiro atoms. The molecule has 0 heterocycles. The van der Waals surface area contributed by atoms with E-state index in [1.165, 1.54) is 0 Å². The fourth-order valence-electron chi connectivity index (χ4n) is 4.98. The van der Waals surface area contributed by atoms with Crippen LogP contribution in [0.15, 0.2) is 0 Å². The van der Waals surface area contributed by atoms with Gasteiger partial charge in [-0.05, 0) is 95.8 Å². The van der Waals surface area contributed by atoms with E-state index in [2.05, 4.69) is 118 Å². The second-order valence-corrected chi connectivity index (χ2v) is 17.5. The Bertz CT molecular complexity index is 779. The van der Waals surface area contributed by atoms with E-state index in [-0.39, 0.29) is 64.1 Å². The molecular weight excluding hydrogens is 516 g/mol. The Kier molecular flexibility index (Phi) is 14.6. The molecule has 2 unspecified atom stereocenters. The van der Waals surface area contributed by atoms with Crippen molar-refractivity contribution in [1.29, 1.82) is 0 Å². The van der Waals surface area contributed by atoms with Gasteiger partial charge in [-0.1, -0.05) is 69.2 Å². The number of ether oxygens (including phenoxy) is 4. The second-order valence-electron chi connectivity index (χ2n) is 17.5. The minimum atomic E-state index is -0.403. The van der Waals surface area contributed by atoms with Crippen LogP contribution in [0.2, 0.25) is 0 Å². The highest BCUT2D eigenvalue weighted by molar-refractivity contribution is 5.73. The molecule has 0 amide bonds. The number of carbonyl (C=O) groups excluding carboxylic acids is 1. The zero-order valence-electron chi connectivity index (χ0n) is 30.3. The summed E-state index contributed by atoms with van der Waals surface area (Å²) in [5.74, 6) is -0.291. The van der Waals surface area contributed by atoms with Gasteiger partial charge < -0.3 is 24.1 Å². The summed E-state index contributed by atoms with van der Waals surface area (Å²) < 4.78 is 24.8. The molecule has 0 radical (unpaired) electrons. The van der Waals surface area contributed by atoms with Crippen molar-refractivity contribution in [2.45, 2.75) is 166 Å². The summed E-state index contributed by atoms with van der Waals surface area (Å²) in [6.45, 7) is 37.6. The summed E-state index contributed by atoms with van der Waals surface area (Å²) in [6, 6.07) is 0. The van der Waals surface area contributed by atoms with Crippen molar-refractivity contribution >= 4 is 5.97 Å². The number of esters is 1. The number of aliphatic hydroxyl groups excluding tert-OH is 1. The summed E-state index contributed by atoms with van der Waals surface area (Å²) in [5, 5.41) is 9.49. The van der Waals surface area contributed by atoms with E-state index in [9.17, 15) is 9.90 Å². The molecule has 0 aliphatic carbocycles. The summed E-state index contributed by atoms with van der Waals surface area (Å²) >= 11 is 0. The highest BCUT2D eigenvalue weighted by Crippen LogP contribution is 2.43. The van der Waals surface area contributed by atoms with E-state index in [4.69, 9.17) is 18.9 Å². The van der Waals surface area contributed by atoms with Crippen LogP contribution in [0.1, 0.15) is 143 Å². The van der Waals surface area contributed by atoms with Crippen LogP contribution in [-0.4, -0.2) is 60.4 Å². The van der Waals surface area contributed by atoms with Crippen LogP contribution < -0.4 is 0 Å². The number of aliphatic hydroxyl groups is 1. The van der Waals surface area contributed by atoms with Crippen LogP contribution in [0.3, 0.4) is 0 Å². The molecule has 0 bridgehead atoms. The van der Waals surface area contributed by atoms with E-state index in [1.54, 1.807) is 0 Å². The predicted molar refractivity (Wildman–Crippen MR) is 171 cm³/mol. The molecule has 0 aliphatic heterocycles. The lowest BCUT2D eigenvalue weighted by Gasteiger charge is -2.47. The largest absolute Gasteiger partial charge is 0.463 e.